The number of aliphatic carboxylic acids is 1. The third-order valence-corrected chi connectivity index (χ3v) is 4.16. The molecule has 1 atom stereocenters. The quantitative estimate of drug-likeness (QED) is 0.844. The van der Waals surface area contributed by atoms with Crippen molar-refractivity contribution < 1.29 is 14.7 Å². The molecule has 19 heavy (non-hydrogen) atoms. The van der Waals surface area contributed by atoms with Crippen LogP contribution in [0.3, 0.4) is 0 Å². The predicted octanol–water partition coefficient (Wildman–Crippen LogP) is 2.96. The molecule has 0 fully saturated rings. The third kappa shape index (κ3) is 4.21. The van der Waals surface area contributed by atoms with Crippen LogP contribution in [0.2, 0.25) is 0 Å². The Hall–Kier alpha value is -1.62. The summed E-state index contributed by atoms with van der Waals surface area (Å²) >= 11 is 1.30. The molecular formula is C14H19NO3S. The minimum Gasteiger partial charge on any atom is -0.478 e. The molecule has 0 spiro atoms. The van der Waals surface area contributed by atoms with Gasteiger partial charge in [-0.2, -0.15) is 0 Å². The lowest BCUT2D eigenvalue weighted by Crippen LogP contribution is -2.37. The molecule has 5 heteroatoms. The minimum absolute atomic E-state index is 0.0267. The van der Waals surface area contributed by atoms with E-state index in [0.717, 1.165) is 11.0 Å². The van der Waals surface area contributed by atoms with Gasteiger partial charge in [0.1, 0.15) is 0 Å². The molecule has 1 heterocycles. The normalized spacial score (nSPS) is 12.9. The first-order chi connectivity index (χ1) is 8.82. The van der Waals surface area contributed by atoms with Gasteiger partial charge in [-0.1, -0.05) is 13.8 Å². The first-order valence-corrected chi connectivity index (χ1v) is 6.92. The topological polar surface area (TPSA) is 57.6 Å². The monoisotopic (exact) mass is 281 g/mol. The fraction of sp³-hybridized carbons (Fsp3) is 0.429. The Balaban J connectivity index is 2.81. The summed E-state index contributed by atoms with van der Waals surface area (Å²) in [4.78, 5) is 25.8. The molecule has 0 aliphatic carbocycles. The molecule has 1 aromatic rings. The number of hydrogen-bond acceptors (Lipinski definition) is 3. The maximum Gasteiger partial charge on any atom is 0.328 e. The number of hydrogen-bond donors (Lipinski definition) is 1. The highest BCUT2D eigenvalue weighted by molar-refractivity contribution is 7.14. The van der Waals surface area contributed by atoms with Gasteiger partial charge >= 0.3 is 5.97 Å². The lowest BCUT2D eigenvalue weighted by Gasteiger charge is -2.27. The van der Waals surface area contributed by atoms with Gasteiger partial charge in [-0.15, -0.1) is 11.3 Å². The van der Waals surface area contributed by atoms with E-state index in [0.29, 0.717) is 10.8 Å². The average Bonchev–Trinajstić information content (AvgIpc) is 2.82. The Morgan fingerprint density at radius 1 is 1.32 bits per heavy atom. The van der Waals surface area contributed by atoms with Crippen LogP contribution in [0.5, 0.6) is 0 Å². The average molecular weight is 281 g/mol. The van der Waals surface area contributed by atoms with Gasteiger partial charge < -0.3 is 10.0 Å². The van der Waals surface area contributed by atoms with Crippen molar-refractivity contribution in [2.75, 3.05) is 7.05 Å². The molecule has 0 saturated carbocycles. The SMILES string of the molecule is CC(C)C(C)N(C)C(=O)c1ccc(/C=C/C(=O)O)s1. The lowest BCUT2D eigenvalue weighted by molar-refractivity contribution is -0.131. The van der Waals surface area contributed by atoms with Crippen LogP contribution in [0.1, 0.15) is 35.3 Å². The van der Waals surface area contributed by atoms with Gasteiger partial charge in [0.15, 0.2) is 0 Å². The molecule has 1 unspecified atom stereocenters. The molecule has 1 amide bonds. The van der Waals surface area contributed by atoms with Crippen molar-refractivity contribution in [1.82, 2.24) is 4.90 Å². The van der Waals surface area contributed by atoms with Crippen LogP contribution in [-0.2, 0) is 4.79 Å². The number of rotatable bonds is 5. The molecule has 4 nitrogen and oxygen atoms in total. The molecule has 0 aliphatic heterocycles. The van der Waals surface area contributed by atoms with Gasteiger partial charge in [0.05, 0.1) is 4.88 Å². The standard InChI is InChI=1S/C14H19NO3S/c1-9(2)10(3)15(4)14(18)12-7-5-11(19-12)6-8-13(16)17/h5-10H,1-4H3,(H,16,17)/b8-6+. The van der Waals surface area contributed by atoms with Crippen molar-refractivity contribution in [3.63, 3.8) is 0 Å². The Kier molecular flexibility index (Phi) is 5.30. The van der Waals surface area contributed by atoms with Crippen molar-refractivity contribution in [3.05, 3.63) is 28.0 Å². The van der Waals surface area contributed by atoms with E-state index in [9.17, 15) is 9.59 Å². The Bertz CT molecular complexity index is 491. The van der Waals surface area contributed by atoms with Gasteiger partial charge in [0.2, 0.25) is 0 Å². The number of nitrogens with zero attached hydrogens (tertiary/aromatic N) is 1. The molecule has 0 saturated heterocycles. The maximum atomic E-state index is 12.2. The summed E-state index contributed by atoms with van der Waals surface area (Å²) in [6, 6.07) is 3.65. The van der Waals surface area contributed by atoms with E-state index in [1.165, 1.54) is 17.4 Å². The van der Waals surface area contributed by atoms with Crippen LogP contribution in [0.4, 0.5) is 0 Å². The molecule has 0 bridgehead atoms. The highest BCUT2D eigenvalue weighted by Gasteiger charge is 2.20. The second kappa shape index (κ2) is 6.52. The van der Waals surface area contributed by atoms with Crippen molar-refractivity contribution in [2.24, 2.45) is 5.92 Å². The summed E-state index contributed by atoms with van der Waals surface area (Å²) < 4.78 is 0. The molecule has 0 aromatic carbocycles. The molecule has 1 aromatic heterocycles. The Labute approximate surface area is 117 Å². The Morgan fingerprint density at radius 2 is 1.95 bits per heavy atom. The first kappa shape index (κ1) is 15.4. The highest BCUT2D eigenvalue weighted by atomic mass is 32.1. The van der Waals surface area contributed by atoms with Crippen molar-refractivity contribution in [2.45, 2.75) is 26.8 Å². The maximum absolute atomic E-state index is 12.2. The summed E-state index contributed by atoms with van der Waals surface area (Å²) in [6.07, 6.45) is 2.57. The second-order valence-electron chi connectivity index (χ2n) is 4.77. The predicted molar refractivity (Wildman–Crippen MR) is 77.4 cm³/mol. The highest BCUT2D eigenvalue weighted by Crippen LogP contribution is 2.21. The summed E-state index contributed by atoms with van der Waals surface area (Å²) in [5.41, 5.74) is 0. The van der Waals surface area contributed by atoms with Crippen LogP contribution in [0.15, 0.2) is 18.2 Å². The molecule has 0 aliphatic rings. The number of carboxylic acid groups (broad SMARTS) is 1. The van der Waals surface area contributed by atoms with Crippen molar-refractivity contribution >= 4 is 29.3 Å². The smallest absolute Gasteiger partial charge is 0.328 e. The van der Waals surface area contributed by atoms with Crippen LogP contribution < -0.4 is 0 Å². The van der Waals surface area contributed by atoms with E-state index in [1.54, 1.807) is 24.1 Å². The van der Waals surface area contributed by atoms with E-state index in [4.69, 9.17) is 5.11 Å². The van der Waals surface area contributed by atoms with Gasteiger partial charge in [0, 0.05) is 24.0 Å². The third-order valence-electron chi connectivity index (χ3n) is 3.12. The molecule has 1 rings (SSSR count). The summed E-state index contributed by atoms with van der Waals surface area (Å²) in [5.74, 6) is -0.631. The molecule has 1 N–H and O–H groups in total. The summed E-state index contributed by atoms with van der Waals surface area (Å²) in [7, 11) is 1.79. The van der Waals surface area contributed by atoms with Gasteiger partial charge in [-0.05, 0) is 31.1 Å². The fourth-order valence-corrected chi connectivity index (χ4v) is 2.41. The molecular weight excluding hydrogens is 262 g/mol. The largest absolute Gasteiger partial charge is 0.478 e. The second-order valence-corrected chi connectivity index (χ2v) is 5.89. The van der Waals surface area contributed by atoms with Crippen LogP contribution in [0, 0.1) is 5.92 Å². The number of carboxylic acids is 1. The van der Waals surface area contributed by atoms with E-state index in [-0.39, 0.29) is 11.9 Å². The van der Waals surface area contributed by atoms with Crippen LogP contribution in [0.25, 0.3) is 6.08 Å². The summed E-state index contributed by atoms with van der Waals surface area (Å²) in [5, 5.41) is 8.56. The molecule has 104 valence electrons. The van der Waals surface area contributed by atoms with Crippen LogP contribution in [-0.4, -0.2) is 35.0 Å². The van der Waals surface area contributed by atoms with Crippen molar-refractivity contribution in [3.8, 4) is 0 Å². The van der Waals surface area contributed by atoms with E-state index in [2.05, 4.69) is 13.8 Å². The van der Waals surface area contributed by atoms with E-state index in [1.807, 2.05) is 6.92 Å². The minimum atomic E-state index is -0.994. The first-order valence-electron chi connectivity index (χ1n) is 6.11. The van der Waals surface area contributed by atoms with Gasteiger partial charge in [-0.3, -0.25) is 4.79 Å². The fourth-order valence-electron chi connectivity index (χ4n) is 1.52. The summed E-state index contributed by atoms with van der Waals surface area (Å²) in [6.45, 7) is 6.16. The van der Waals surface area contributed by atoms with Crippen LogP contribution >= 0.6 is 11.3 Å². The number of amides is 1. The Morgan fingerprint density at radius 3 is 2.47 bits per heavy atom. The van der Waals surface area contributed by atoms with E-state index < -0.39 is 5.97 Å². The van der Waals surface area contributed by atoms with Crippen molar-refractivity contribution in [1.29, 1.82) is 0 Å². The number of carbonyl (C=O) groups is 2. The van der Waals surface area contributed by atoms with Gasteiger partial charge in [-0.25, -0.2) is 4.79 Å². The zero-order chi connectivity index (χ0) is 14.6. The zero-order valence-corrected chi connectivity index (χ0v) is 12.4. The van der Waals surface area contributed by atoms with Gasteiger partial charge in [0.25, 0.3) is 5.91 Å². The number of thiophene rings is 1. The molecule has 0 radical (unpaired) electrons. The number of carbonyl (C=O) groups excluding carboxylic acids is 1. The van der Waals surface area contributed by atoms with E-state index >= 15 is 0 Å². The lowest BCUT2D eigenvalue weighted by atomic mass is 10.1. The zero-order valence-electron chi connectivity index (χ0n) is 11.6.